The van der Waals surface area contributed by atoms with Gasteiger partial charge < -0.3 is 29.6 Å². The van der Waals surface area contributed by atoms with Gasteiger partial charge in [0.05, 0.1) is 38.6 Å². The van der Waals surface area contributed by atoms with E-state index in [0.29, 0.717) is 37.4 Å². The fourth-order valence-electron chi connectivity index (χ4n) is 8.14. The molecule has 1 aromatic carbocycles. The lowest BCUT2D eigenvalue weighted by molar-refractivity contribution is -0.148. The predicted octanol–water partition coefficient (Wildman–Crippen LogP) is 6.73. The van der Waals surface area contributed by atoms with Crippen LogP contribution >= 0.6 is 0 Å². The minimum atomic E-state index is -0.728. The summed E-state index contributed by atoms with van der Waals surface area (Å²) in [5, 5.41) is 2.71. The van der Waals surface area contributed by atoms with Gasteiger partial charge in [0.2, 0.25) is 11.8 Å². The average Bonchev–Trinajstić information content (AvgIpc) is 3.91. The van der Waals surface area contributed by atoms with Gasteiger partial charge in [0.25, 0.3) is 0 Å². The topological polar surface area (TPSA) is 146 Å². The van der Waals surface area contributed by atoms with Crippen molar-refractivity contribution < 1.29 is 28.7 Å². The number of carbonyl (C=O) groups excluding carboxylic acids is 4. The number of methoxy groups -OCH3 is 2. The molecule has 0 spiro atoms. The molecule has 0 radical (unpaired) electrons. The third kappa shape index (κ3) is 10.2. The minimum absolute atomic E-state index is 0.00951. The molecular formula is C46H60N6O6. The van der Waals surface area contributed by atoms with Gasteiger partial charge >= 0.3 is 12.1 Å². The first-order chi connectivity index (χ1) is 27.2. The number of esters is 1. The van der Waals surface area contributed by atoms with E-state index in [1.54, 1.807) is 0 Å². The number of hydrogen-bond acceptors (Lipinski definition) is 8. The van der Waals surface area contributed by atoms with Gasteiger partial charge in [-0.15, -0.1) is 0 Å². The molecule has 2 saturated heterocycles. The number of nitrogens with one attached hydrogen (secondary N) is 2. The second-order valence-corrected chi connectivity index (χ2v) is 18.2. The van der Waals surface area contributed by atoms with E-state index in [-0.39, 0.29) is 59.0 Å². The predicted molar refractivity (Wildman–Crippen MR) is 223 cm³/mol. The number of aryl methyl sites for hydroxylation is 1. The van der Waals surface area contributed by atoms with Crippen LogP contribution in [-0.2, 0) is 23.9 Å². The quantitative estimate of drug-likeness (QED) is 0.212. The Bertz CT molecular complexity index is 2100. The molecule has 310 valence electrons. The molecule has 4 heterocycles. The summed E-state index contributed by atoms with van der Waals surface area (Å²) in [6.07, 6.45) is 1.50. The third-order valence-corrected chi connectivity index (χ3v) is 11.4. The van der Waals surface area contributed by atoms with Crippen LogP contribution in [0.1, 0.15) is 122 Å². The summed E-state index contributed by atoms with van der Waals surface area (Å²) in [5.74, 6) is 12.6. The normalized spacial score (nSPS) is 20.6. The van der Waals surface area contributed by atoms with Crippen molar-refractivity contribution >= 4 is 29.6 Å². The molecule has 2 aromatic rings. The Kier molecular flexibility index (Phi) is 13.3. The standard InChI is InChI=1S/C46H60N6O6/c1-27(2)34(22-39(53)57-11)42(54)51-25-45(7,8)23-37(51)36-21-33(29(5)47-36)19-17-31-13-15-32(16-14-31)18-20-35-30(6)48-41(49-35)38-24-46(9,10)26-52(38)43(55)40(28(3)4)50-44(56)58-12/h13-16,27-28,34,37-38,40H,21-26H2,1-12H3,(H,48,49)(H,50,56)/t34-,37-,38-,40-/m0/s1. The smallest absolute Gasteiger partial charge is 0.407 e. The number of H-pyrrole nitrogens is 1. The molecule has 2 N–H and O–H groups in total. The van der Waals surface area contributed by atoms with Crippen molar-refractivity contribution in [2.45, 2.75) is 113 Å². The van der Waals surface area contributed by atoms with Crippen molar-refractivity contribution in [1.82, 2.24) is 25.1 Å². The molecule has 12 heteroatoms. The lowest BCUT2D eigenvalue weighted by Crippen LogP contribution is -2.51. The maximum absolute atomic E-state index is 13.9. The van der Waals surface area contributed by atoms with Crippen LogP contribution in [0.3, 0.4) is 0 Å². The molecular weight excluding hydrogens is 733 g/mol. The highest BCUT2D eigenvalue weighted by Gasteiger charge is 2.46. The molecule has 3 aliphatic rings. The number of hydrogen-bond donors (Lipinski definition) is 2. The zero-order valence-electron chi connectivity index (χ0n) is 36.3. The SMILES string of the molecule is COC(=O)C[C@H](C(=O)N1CC(C)(C)C[C@H]1C1=NC(C)=C(C#Cc2ccc(C#Cc3nc([C@@H]4CC(C)(C)CN4C(=O)[C@@H](NC(=O)OC)C(C)C)[nH]c3C)cc2)C1)C(C)C. The van der Waals surface area contributed by atoms with Gasteiger partial charge in [0.15, 0.2) is 0 Å². The average molecular weight is 793 g/mol. The highest BCUT2D eigenvalue weighted by molar-refractivity contribution is 5.99. The number of carbonyl (C=O) groups is 4. The summed E-state index contributed by atoms with van der Waals surface area (Å²) in [6, 6.07) is 6.57. The number of aliphatic imine (C=N–C) groups is 1. The largest absolute Gasteiger partial charge is 0.469 e. The van der Waals surface area contributed by atoms with Crippen LogP contribution < -0.4 is 5.32 Å². The van der Waals surface area contributed by atoms with Gasteiger partial charge in [-0.3, -0.25) is 19.4 Å². The van der Waals surface area contributed by atoms with Crippen LogP contribution in [0, 0.1) is 59.2 Å². The number of benzene rings is 1. The van der Waals surface area contributed by atoms with Gasteiger partial charge in [-0.25, -0.2) is 9.78 Å². The third-order valence-electron chi connectivity index (χ3n) is 11.4. The number of aromatic amines is 1. The number of amides is 3. The highest BCUT2D eigenvalue weighted by Crippen LogP contribution is 2.43. The van der Waals surface area contributed by atoms with Crippen molar-refractivity contribution in [3.8, 4) is 23.7 Å². The number of nitrogens with zero attached hydrogens (tertiary/aromatic N) is 4. The van der Waals surface area contributed by atoms with E-state index in [9.17, 15) is 19.2 Å². The first-order valence-corrected chi connectivity index (χ1v) is 20.2. The van der Waals surface area contributed by atoms with Gasteiger partial charge in [-0.05, 0) is 79.5 Å². The number of allylic oxidation sites excluding steroid dienone is 2. The Balaban J connectivity index is 1.26. The van der Waals surface area contributed by atoms with Gasteiger partial charge in [-0.2, -0.15) is 0 Å². The highest BCUT2D eigenvalue weighted by atomic mass is 16.5. The van der Waals surface area contributed by atoms with E-state index in [0.717, 1.165) is 40.2 Å². The maximum Gasteiger partial charge on any atom is 0.407 e. The van der Waals surface area contributed by atoms with Crippen molar-refractivity contribution in [1.29, 1.82) is 0 Å². The summed E-state index contributed by atoms with van der Waals surface area (Å²) in [5.41, 5.74) is 5.57. The molecule has 3 amide bonds. The van der Waals surface area contributed by atoms with Crippen molar-refractivity contribution in [3.05, 3.63) is 63.9 Å². The van der Waals surface area contributed by atoms with Crippen molar-refractivity contribution in [2.24, 2.45) is 33.6 Å². The second kappa shape index (κ2) is 17.6. The number of imidazole rings is 1. The molecule has 3 aliphatic heterocycles. The van der Waals surface area contributed by atoms with E-state index in [1.807, 2.05) is 75.6 Å². The summed E-state index contributed by atoms with van der Waals surface area (Å²) in [6.45, 7) is 21.3. The molecule has 58 heavy (non-hydrogen) atoms. The number of ether oxygens (including phenoxy) is 2. The van der Waals surface area contributed by atoms with Crippen LogP contribution in [0.15, 0.2) is 40.5 Å². The fraction of sp³-hybridized carbons (Fsp3) is 0.565. The van der Waals surface area contributed by atoms with Gasteiger partial charge in [0.1, 0.15) is 17.6 Å². The monoisotopic (exact) mass is 792 g/mol. The lowest BCUT2D eigenvalue weighted by Gasteiger charge is -2.30. The molecule has 0 aliphatic carbocycles. The molecule has 2 fully saturated rings. The summed E-state index contributed by atoms with van der Waals surface area (Å²) in [7, 11) is 2.64. The summed E-state index contributed by atoms with van der Waals surface area (Å²) >= 11 is 0. The first kappa shape index (κ1) is 43.8. The van der Waals surface area contributed by atoms with Gasteiger partial charge in [-0.1, -0.05) is 73.2 Å². The molecule has 1 aromatic heterocycles. The summed E-state index contributed by atoms with van der Waals surface area (Å²) in [4.78, 5) is 68.9. The summed E-state index contributed by atoms with van der Waals surface area (Å²) < 4.78 is 9.70. The molecule has 4 atom stereocenters. The van der Waals surface area contributed by atoms with Gasteiger partial charge in [0, 0.05) is 53.3 Å². The Hall–Kier alpha value is -5.36. The first-order valence-electron chi connectivity index (χ1n) is 20.2. The van der Waals surface area contributed by atoms with Crippen LogP contribution in [0.25, 0.3) is 0 Å². The van der Waals surface area contributed by atoms with E-state index >= 15 is 0 Å². The van der Waals surface area contributed by atoms with E-state index < -0.39 is 18.1 Å². The second-order valence-electron chi connectivity index (χ2n) is 18.2. The Labute approximate surface area is 344 Å². The number of likely N-dealkylation sites (tertiary alicyclic amines) is 2. The Morgan fingerprint density at radius 2 is 1.40 bits per heavy atom. The van der Waals surface area contributed by atoms with Crippen LogP contribution in [0.4, 0.5) is 4.79 Å². The Morgan fingerprint density at radius 3 is 1.95 bits per heavy atom. The van der Waals surface area contributed by atoms with Crippen LogP contribution in [-0.4, -0.2) is 88.7 Å². The van der Waals surface area contributed by atoms with E-state index in [1.165, 1.54) is 14.2 Å². The number of alkyl carbamates (subject to hydrolysis) is 1. The lowest BCUT2D eigenvalue weighted by atomic mass is 9.88. The number of rotatable bonds is 9. The van der Waals surface area contributed by atoms with E-state index in [4.69, 9.17) is 19.5 Å². The molecule has 0 unspecified atom stereocenters. The zero-order valence-corrected chi connectivity index (χ0v) is 36.3. The molecule has 5 rings (SSSR count). The molecule has 0 bridgehead atoms. The molecule has 0 saturated carbocycles. The number of aromatic nitrogens is 2. The van der Waals surface area contributed by atoms with Crippen molar-refractivity contribution in [2.75, 3.05) is 27.3 Å². The fourth-order valence-corrected chi connectivity index (χ4v) is 8.14. The minimum Gasteiger partial charge on any atom is -0.469 e. The molecule has 12 nitrogen and oxygen atoms in total. The van der Waals surface area contributed by atoms with Crippen molar-refractivity contribution in [3.63, 3.8) is 0 Å². The van der Waals surface area contributed by atoms with E-state index in [2.05, 4.69) is 61.7 Å². The van der Waals surface area contributed by atoms with Crippen LogP contribution in [0.5, 0.6) is 0 Å². The zero-order chi connectivity index (χ0) is 42.7. The van der Waals surface area contributed by atoms with Crippen LogP contribution in [0.2, 0.25) is 0 Å². The maximum atomic E-state index is 13.9. The Morgan fingerprint density at radius 1 is 0.828 bits per heavy atom.